The molecule has 2 aromatic rings. The Kier molecular flexibility index (Phi) is 3.60. The molecular weight excluding hydrogens is 270 g/mol. The molecule has 0 saturated carbocycles. The molecule has 1 aromatic heterocycles. The van der Waals surface area contributed by atoms with E-state index in [4.69, 9.17) is 15.2 Å². The molecule has 1 unspecified atom stereocenters. The van der Waals surface area contributed by atoms with E-state index in [1.165, 1.54) is 0 Å². The van der Waals surface area contributed by atoms with Crippen molar-refractivity contribution in [3.05, 3.63) is 23.8 Å². The summed E-state index contributed by atoms with van der Waals surface area (Å²) in [5.41, 5.74) is 8.22. The molecule has 0 bridgehead atoms. The topological polar surface area (TPSA) is 88.1 Å². The molecule has 112 valence electrons. The van der Waals surface area contributed by atoms with E-state index in [1.807, 2.05) is 25.1 Å². The number of aryl methyl sites for hydroxylation is 1. The number of hydrogen-bond donors (Lipinski definition) is 1. The third kappa shape index (κ3) is 2.62. The zero-order valence-corrected chi connectivity index (χ0v) is 12.2. The van der Waals surface area contributed by atoms with Gasteiger partial charge in [0.2, 0.25) is 0 Å². The Bertz CT molecular complexity index is 634. The van der Waals surface area contributed by atoms with Crippen LogP contribution < -0.4 is 5.73 Å². The average molecular weight is 289 g/mol. The van der Waals surface area contributed by atoms with Crippen molar-refractivity contribution in [1.82, 2.24) is 20.2 Å². The Morgan fingerprint density at radius 3 is 3.05 bits per heavy atom. The van der Waals surface area contributed by atoms with Crippen LogP contribution >= 0.6 is 0 Å². The van der Waals surface area contributed by atoms with Crippen molar-refractivity contribution in [2.45, 2.75) is 25.5 Å². The number of methoxy groups -OCH3 is 1. The lowest BCUT2D eigenvalue weighted by Crippen LogP contribution is -2.37. The summed E-state index contributed by atoms with van der Waals surface area (Å²) in [4.78, 5) is 0. The molecule has 1 saturated heterocycles. The summed E-state index contributed by atoms with van der Waals surface area (Å²) in [6.45, 7) is 3.82. The van der Waals surface area contributed by atoms with Gasteiger partial charge in [0, 0.05) is 31.4 Å². The standard InChI is InChI=1S/C14H19N5O2/c1-10-3-4-11(15)7-12(10)13-16-17-18-19(13)8-14(20-2)5-6-21-9-14/h3-4,7H,5-6,8-9,15H2,1-2H3. The number of nitrogens with two attached hydrogens (primary N) is 1. The third-order valence-electron chi connectivity index (χ3n) is 3.97. The number of nitrogen functional groups attached to an aromatic ring is 1. The van der Waals surface area contributed by atoms with Crippen LogP contribution in [-0.2, 0) is 16.0 Å². The summed E-state index contributed by atoms with van der Waals surface area (Å²) >= 11 is 0. The van der Waals surface area contributed by atoms with E-state index in [2.05, 4.69) is 15.5 Å². The van der Waals surface area contributed by atoms with Gasteiger partial charge < -0.3 is 15.2 Å². The van der Waals surface area contributed by atoms with E-state index >= 15 is 0 Å². The second kappa shape index (κ2) is 5.42. The van der Waals surface area contributed by atoms with Crippen LogP contribution in [0, 0.1) is 6.92 Å². The van der Waals surface area contributed by atoms with Crippen molar-refractivity contribution >= 4 is 5.69 Å². The molecule has 2 N–H and O–H groups in total. The summed E-state index contributed by atoms with van der Waals surface area (Å²) < 4.78 is 12.9. The first-order valence-corrected chi connectivity index (χ1v) is 6.89. The highest BCUT2D eigenvalue weighted by atomic mass is 16.5. The van der Waals surface area contributed by atoms with Crippen LogP contribution in [0.1, 0.15) is 12.0 Å². The van der Waals surface area contributed by atoms with Gasteiger partial charge in [0.15, 0.2) is 5.82 Å². The highest BCUT2D eigenvalue weighted by Gasteiger charge is 2.36. The van der Waals surface area contributed by atoms with Gasteiger partial charge in [-0.25, -0.2) is 4.68 Å². The normalized spacial score (nSPS) is 21.8. The SMILES string of the molecule is COC1(Cn2nnnc2-c2cc(N)ccc2C)CCOC1. The van der Waals surface area contributed by atoms with Crippen LogP contribution in [0.3, 0.4) is 0 Å². The quantitative estimate of drug-likeness (QED) is 0.846. The van der Waals surface area contributed by atoms with Gasteiger partial charge in [-0.3, -0.25) is 0 Å². The fourth-order valence-corrected chi connectivity index (χ4v) is 2.60. The second-order valence-corrected chi connectivity index (χ2v) is 5.42. The summed E-state index contributed by atoms with van der Waals surface area (Å²) in [6, 6.07) is 5.73. The highest BCUT2D eigenvalue weighted by Crippen LogP contribution is 2.28. The number of rotatable bonds is 4. The van der Waals surface area contributed by atoms with Crippen LogP contribution in [-0.4, -0.2) is 46.1 Å². The molecule has 1 aromatic carbocycles. The molecule has 21 heavy (non-hydrogen) atoms. The monoisotopic (exact) mass is 289 g/mol. The van der Waals surface area contributed by atoms with Gasteiger partial charge >= 0.3 is 0 Å². The van der Waals surface area contributed by atoms with Gasteiger partial charge in [0.1, 0.15) is 5.60 Å². The minimum atomic E-state index is -0.363. The van der Waals surface area contributed by atoms with Crippen LogP contribution in [0.4, 0.5) is 5.69 Å². The summed E-state index contributed by atoms with van der Waals surface area (Å²) in [5, 5.41) is 12.0. The minimum absolute atomic E-state index is 0.363. The van der Waals surface area contributed by atoms with E-state index in [0.717, 1.165) is 17.5 Å². The maximum Gasteiger partial charge on any atom is 0.182 e. The molecule has 0 spiro atoms. The summed E-state index contributed by atoms with van der Waals surface area (Å²) in [7, 11) is 1.70. The minimum Gasteiger partial charge on any atom is -0.399 e. The number of benzene rings is 1. The van der Waals surface area contributed by atoms with Gasteiger partial charge in [-0.05, 0) is 35.0 Å². The van der Waals surface area contributed by atoms with Gasteiger partial charge in [-0.2, -0.15) is 0 Å². The first-order chi connectivity index (χ1) is 10.1. The molecule has 0 radical (unpaired) electrons. The highest BCUT2D eigenvalue weighted by molar-refractivity contribution is 5.65. The van der Waals surface area contributed by atoms with Crippen LogP contribution in [0.5, 0.6) is 0 Å². The Balaban J connectivity index is 1.96. The molecule has 1 atom stereocenters. The molecule has 7 nitrogen and oxygen atoms in total. The van der Waals surface area contributed by atoms with Gasteiger partial charge in [-0.15, -0.1) is 5.10 Å². The van der Waals surface area contributed by atoms with E-state index in [0.29, 0.717) is 31.3 Å². The Morgan fingerprint density at radius 2 is 2.33 bits per heavy atom. The lowest BCUT2D eigenvalue weighted by atomic mass is 10.0. The lowest BCUT2D eigenvalue weighted by molar-refractivity contribution is -0.0317. The fraction of sp³-hybridized carbons (Fsp3) is 0.500. The van der Waals surface area contributed by atoms with Crippen LogP contribution in [0.25, 0.3) is 11.4 Å². The van der Waals surface area contributed by atoms with Crippen LogP contribution in [0.15, 0.2) is 18.2 Å². The number of aromatic nitrogens is 4. The molecule has 1 fully saturated rings. The molecular formula is C14H19N5O2. The van der Waals surface area contributed by atoms with Gasteiger partial charge in [0.25, 0.3) is 0 Å². The first kappa shape index (κ1) is 14.0. The van der Waals surface area contributed by atoms with Gasteiger partial charge in [-0.1, -0.05) is 6.07 Å². The second-order valence-electron chi connectivity index (χ2n) is 5.42. The maximum atomic E-state index is 5.88. The number of ether oxygens (including phenoxy) is 2. The van der Waals surface area contributed by atoms with E-state index in [9.17, 15) is 0 Å². The van der Waals surface area contributed by atoms with E-state index in [1.54, 1.807) is 11.8 Å². The fourth-order valence-electron chi connectivity index (χ4n) is 2.60. The zero-order valence-electron chi connectivity index (χ0n) is 12.2. The Labute approximate surface area is 123 Å². The number of nitrogens with zero attached hydrogens (tertiary/aromatic N) is 4. The molecule has 1 aliphatic heterocycles. The largest absolute Gasteiger partial charge is 0.399 e. The predicted molar refractivity (Wildman–Crippen MR) is 77.6 cm³/mol. The lowest BCUT2D eigenvalue weighted by Gasteiger charge is -2.25. The molecule has 2 heterocycles. The van der Waals surface area contributed by atoms with Crippen molar-refractivity contribution in [2.24, 2.45) is 0 Å². The number of hydrogen-bond acceptors (Lipinski definition) is 6. The molecule has 0 amide bonds. The first-order valence-electron chi connectivity index (χ1n) is 6.89. The summed E-state index contributed by atoms with van der Waals surface area (Å²) in [6.07, 6.45) is 0.832. The zero-order chi connectivity index (χ0) is 14.9. The van der Waals surface area contributed by atoms with Gasteiger partial charge in [0.05, 0.1) is 13.2 Å². The van der Waals surface area contributed by atoms with Crippen LogP contribution in [0.2, 0.25) is 0 Å². The Hall–Kier alpha value is -1.99. The Morgan fingerprint density at radius 1 is 1.48 bits per heavy atom. The van der Waals surface area contributed by atoms with Crippen molar-refractivity contribution in [3.8, 4) is 11.4 Å². The number of anilines is 1. The third-order valence-corrected chi connectivity index (χ3v) is 3.97. The van der Waals surface area contributed by atoms with Crippen molar-refractivity contribution in [1.29, 1.82) is 0 Å². The molecule has 3 rings (SSSR count). The number of tetrazole rings is 1. The smallest absolute Gasteiger partial charge is 0.182 e. The summed E-state index contributed by atoms with van der Waals surface area (Å²) in [5.74, 6) is 0.697. The van der Waals surface area contributed by atoms with Crippen molar-refractivity contribution < 1.29 is 9.47 Å². The average Bonchev–Trinajstić information content (AvgIpc) is 3.12. The van der Waals surface area contributed by atoms with Crippen molar-refractivity contribution in [3.63, 3.8) is 0 Å². The molecule has 7 heteroatoms. The van der Waals surface area contributed by atoms with Crippen molar-refractivity contribution in [2.75, 3.05) is 26.1 Å². The molecule has 0 aliphatic carbocycles. The molecule has 1 aliphatic rings. The maximum absolute atomic E-state index is 5.88. The predicted octanol–water partition coefficient (Wildman–Crippen LogP) is 1.04. The van der Waals surface area contributed by atoms with E-state index in [-0.39, 0.29) is 5.60 Å². The van der Waals surface area contributed by atoms with E-state index < -0.39 is 0 Å².